The van der Waals surface area contributed by atoms with Crippen LogP contribution in [-0.4, -0.2) is 29.5 Å². The van der Waals surface area contributed by atoms with Crippen LogP contribution in [0.25, 0.3) is 0 Å². The number of carbonyl (C=O) groups is 1. The number of aliphatic hydroxyl groups is 1. The van der Waals surface area contributed by atoms with Crippen molar-refractivity contribution in [2.24, 2.45) is 0 Å². The molecule has 1 aromatic rings. The molecule has 0 saturated heterocycles. The zero-order valence-electron chi connectivity index (χ0n) is 11.8. The Morgan fingerprint density at radius 2 is 2.16 bits per heavy atom. The van der Waals surface area contributed by atoms with Crippen molar-refractivity contribution in [3.63, 3.8) is 0 Å². The topological polar surface area (TPSA) is 40.5 Å². The number of amides is 1. The first-order chi connectivity index (χ1) is 9.06. The molecule has 0 fully saturated rings. The van der Waals surface area contributed by atoms with Gasteiger partial charge < -0.3 is 10.0 Å². The SMILES string of the molecule is CCc1cccc(C)c1N(C(=O)CCl)C(C)CCO. The Balaban J connectivity index is 3.28. The highest BCUT2D eigenvalue weighted by molar-refractivity contribution is 6.29. The fraction of sp³-hybridized carbons (Fsp3) is 0.533. The van der Waals surface area contributed by atoms with E-state index >= 15 is 0 Å². The average Bonchev–Trinajstić information content (AvgIpc) is 2.40. The molecular formula is C15H22ClNO2. The first kappa shape index (κ1) is 16.0. The number of hydrogen-bond donors (Lipinski definition) is 1. The van der Waals surface area contributed by atoms with E-state index in [1.54, 1.807) is 4.90 Å². The highest BCUT2D eigenvalue weighted by atomic mass is 35.5. The van der Waals surface area contributed by atoms with Crippen LogP contribution >= 0.6 is 11.6 Å². The van der Waals surface area contributed by atoms with Crippen molar-refractivity contribution in [2.45, 2.75) is 39.7 Å². The van der Waals surface area contributed by atoms with Crippen LogP contribution in [0.15, 0.2) is 18.2 Å². The molecule has 1 N–H and O–H groups in total. The molecule has 0 bridgehead atoms. The number of halogens is 1. The van der Waals surface area contributed by atoms with Crippen LogP contribution in [0.3, 0.4) is 0 Å². The molecule has 0 saturated carbocycles. The lowest BCUT2D eigenvalue weighted by Gasteiger charge is -2.31. The molecule has 4 heteroatoms. The van der Waals surface area contributed by atoms with Crippen molar-refractivity contribution >= 4 is 23.2 Å². The summed E-state index contributed by atoms with van der Waals surface area (Å²) in [5, 5.41) is 9.11. The van der Waals surface area contributed by atoms with Crippen molar-refractivity contribution in [1.82, 2.24) is 0 Å². The van der Waals surface area contributed by atoms with Crippen LogP contribution in [0.4, 0.5) is 5.69 Å². The molecule has 0 aromatic heterocycles. The van der Waals surface area contributed by atoms with Crippen LogP contribution in [0, 0.1) is 6.92 Å². The van der Waals surface area contributed by atoms with E-state index in [0.29, 0.717) is 6.42 Å². The summed E-state index contributed by atoms with van der Waals surface area (Å²) in [6.07, 6.45) is 1.40. The maximum Gasteiger partial charge on any atom is 0.242 e. The van der Waals surface area contributed by atoms with Crippen LogP contribution in [0.2, 0.25) is 0 Å². The Hall–Kier alpha value is -1.06. The van der Waals surface area contributed by atoms with Gasteiger partial charge in [0, 0.05) is 12.6 Å². The van der Waals surface area contributed by atoms with E-state index in [2.05, 4.69) is 6.92 Å². The van der Waals surface area contributed by atoms with Crippen molar-refractivity contribution in [3.8, 4) is 0 Å². The third-order valence-corrected chi connectivity index (χ3v) is 3.54. The second kappa shape index (κ2) is 7.51. The van der Waals surface area contributed by atoms with Crippen LogP contribution in [-0.2, 0) is 11.2 Å². The molecule has 1 unspecified atom stereocenters. The first-order valence-corrected chi connectivity index (χ1v) is 7.17. The lowest BCUT2D eigenvalue weighted by Crippen LogP contribution is -2.41. The lowest BCUT2D eigenvalue weighted by molar-refractivity contribution is -0.116. The number of carbonyl (C=O) groups excluding carboxylic acids is 1. The minimum absolute atomic E-state index is 0.0484. The van der Waals surface area contributed by atoms with Crippen molar-refractivity contribution in [2.75, 3.05) is 17.4 Å². The zero-order chi connectivity index (χ0) is 14.4. The van der Waals surface area contributed by atoms with E-state index in [1.165, 1.54) is 0 Å². The molecule has 0 aliphatic heterocycles. The minimum Gasteiger partial charge on any atom is -0.396 e. The Labute approximate surface area is 120 Å². The summed E-state index contributed by atoms with van der Waals surface area (Å²) in [5.41, 5.74) is 3.13. The largest absolute Gasteiger partial charge is 0.396 e. The molecule has 0 aliphatic rings. The lowest BCUT2D eigenvalue weighted by atomic mass is 10.0. The molecule has 0 spiro atoms. The number of nitrogens with zero attached hydrogens (tertiary/aromatic N) is 1. The number of alkyl halides is 1. The standard InChI is InChI=1S/C15H22ClNO2/c1-4-13-7-5-6-11(2)15(13)17(14(19)10-16)12(3)8-9-18/h5-7,12,18H,4,8-10H2,1-3H3. The fourth-order valence-electron chi connectivity index (χ4n) is 2.32. The fourth-order valence-corrected chi connectivity index (χ4v) is 2.45. The second-order valence-electron chi connectivity index (χ2n) is 4.69. The van der Waals surface area contributed by atoms with Gasteiger partial charge in [-0.15, -0.1) is 11.6 Å². The van der Waals surface area contributed by atoms with E-state index in [4.69, 9.17) is 16.7 Å². The number of para-hydroxylation sites is 1. The number of anilines is 1. The first-order valence-electron chi connectivity index (χ1n) is 6.64. The van der Waals surface area contributed by atoms with Gasteiger partial charge in [-0.05, 0) is 37.8 Å². The predicted molar refractivity (Wildman–Crippen MR) is 79.9 cm³/mol. The molecule has 1 atom stereocenters. The van der Waals surface area contributed by atoms with Gasteiger partial charge in [0.05, 0.1) is 5.69 Å². The predicted octanol–water partition coefficient (Wildman–Crippen LogP) is 2.90. The minimum atomic E-state index is -0.119. The number of rotatable bonds is 6. The summed E-state index contributed by atoms with van der Waals surface area (Å²) >= 11 is 5.74. The monoisotopic (exact) mass is 283 g/mol. The molecule has 0 aliphatic carbocycles. The van der Waals surface area contributed by atoms with Crippen molar-refractivity contribution in [3.05, 3.63) is 29.3 Å². The Morgan fingerprint density at radius 1 is 1.47 bits per heavy atom. The van der Waals surface area contributed by atoms with Gasteiger partial charge in [-0.2, -0.15) is 0 Å². The molecule has 0 radical (unpaired) electrons. The van der Waals surface area contributed by atoms with Crippen LogP contribution < -0.4 is 4.90 Å². The summed E-state index contributed by atoms with van der Waals surface area (Å²) in [7, 11) is 0. The van der Waals surface area contributed by atoms with Gasteiger partial charge in [0.2, 0.25) is 5.91 Å². The Kier molecular flexibility index (Phi) is 6.32. The molecule has 1 amide bonds. The van der Waals surface area contributed by atoms with Gasteiger partial charge >= 0.3 is 0 Å². The summed E-state index contributed by atoms with van der Waals surface area (Å²) in [6.45, 7) is 6.06. The van der Waals surface area contributed by atoms with Crippen LogP contribution in [0.5, 0.6) is 0 Å². The molecule has 0 heterocycles. The second-order valence-corrected chi connectivity index (χ2v) is 4.96. The van der Waals surface area contributed by atoms with Crippen LogP contribution in [0.1, 0.15) is 31.4 Å². The number of benzene rings is 1. The smallest absolute Gasteiger partial charge is 0.242 e. The van der Waals surface area contributed by atoms with E-state index < -0.39 is 0 Å². The molecule has 3 nitrogen and oxygen atoms in total. The maximum atomic E-state index is 12.2. The van der Waals surface area contributed by atoms with Gasteiger partial charge in [-0.25, -0.2) is 0 Å². The van der Waals surface area contributed by atoms with E-state index in [1.807, 2.05) is 32.0 Å². The number of aryl methyl sites for hydroxylation is 2. The van der Waals surface area contributed by atoms with E-state index in [0.717, 1.165) is 23.2 Å². The molecular weight excluding hydrogens is 262 g/mol. The molecule has 1 rings (SSSR count). The summed E-state index contributed by atoms with van der Waals surface area (Å²) in [5.74, 6) is -0.167. The number of hydrogen-bond acceptors (Lipinski definition) is 2. The Bertz CT molecular complexity index is 434. The Morgan fingerprint density at radius 3 is 2.68 bits per heavy atom. The third-order valence-electron chi connectivity index (χ3n) is 3.31. The zero-order valence-corrected chi connectivity index (χ0v) is 12.6. The molecule has 106 valence electrons. The normalized spacial score (nSPS) is 12.3. The van der Waals surface area contributed by atoms with Crippen molar-refractivity contribution in [1.29, 1.82) is 0 Å². The summed E-state index contributed by atoms with van der Waals surface area (Å²) in [6, 6.07) is 5.96. The molecule has 19 heavy (non-hydrogen) atoms. The van der Waals surface area contributed by atoms with E-state index in [9.17, 15) is 4.79 Å². The van der Waals surface area contributed by atoms with Gasteiger partial charge in [0.25, 0.3) is 0 Å². The average molecular weight is 284 g/mol. The van der Waals surface area contributed by atoms with Gasteiger partial charge in [-0.1, -0.05) is 25.1 Å². The summed E-state index contributed by atoms with van der Waals surface area (Å²) < 4.78 is 0. The van der Waals surface area contributed by atoms with Gasteiger partial charge in [0.1, 0.15) is 5.88 Å². The third kappa shape index (κ3) is 3.71. The van der Waals surface area contributed by atoms with Crippen molar-refractivity contribution < 1.29 is 9.90 Å². The highest BCUT2D eigenvalue weighted by Crippen LogP contribution is 2.28. The maximum absolute atomic E-state index is 12.2. The number of aliphatic hydroxyl groups excluding tert-OH is 1. The van der Waals surface area contributed by atoms with Gasteiger partial charge in [0.15, 0.2) is 0 Å². The molecule has 1 aromatic carbocycles. The summed E-state index contributed by atoms with van der Waals surface area (Å²) in [4.78, 5) is 13.9. The van der Waals surface area contributed by atoms with Gasteiger partial charge in [-0.3, -0.25) is 4.79 Å². The highest BCUT2D eigenvalue weighted by Gasteiger charge is 2.24. The van der Waals surface area contributed by atoms with E-state index in [-0.39, 0.29) is 24.4 Å². The quantitative estimate of drug-likeness (QED) is 0.816.